The van der Waals surface area contributed by atoms with Crippen LogP contribution in [0.25, 0.3) is 5.65 Å². The summed E-state index contributed by atoms with van der Waals surface area (Å²) in [5.41, 5.74) is 1.16. The number of hydrogen-bond acceptors (Lipinski definition) is 6. The van der Waals surface area contributed by atoms with Gasteiger partial charge in [0.2, 0.25) is 0 Å². The molecule has 1 aromatic carbocycles. The molecule has 10 heteroatoms. The van der Waals surface area contributed by atoms with Crippen LogP contribution in [-0.4, -0.2) is 51.5 Å². The van der Waals surface area contributed by atoms with Gasteiger partial charge in [-0.05, 0) is 55.8 Å². The van der Waals surface area contributed by atoms with Crippen molar-refractivity contribution in [2.75, 3.05) is 32.1 Å². The molecule has 0 spiro atoms. The molecule has 3 heterocycles. The summed E-state index contributed by atoms with van der Waals surface area (Å²) in [6.07, 6.45) is -2.36. The van der Waals surface area contributed by atoms with Gasteiger partial charge < -0.3 is 10.1 Å². The summed E-state index contributed by atoms with van der Waals surface area (Å²) in [5.74, 6) is -0.0239. The first-order valence-corrected chi connectivity index (χ1v) is 9.37. The second-order valence-corrected chi connectivity index (χ2v) is 6.92. The average Bonchev–Trinajstić information content (AvgIpc) is 3.38. The number of fused-ring (bicyclic) bond motifs is 1. The first kappa shape index (κ1) is 19.4. The number of anilines is 1. The molecule has 154 valence electrons. The van der Waals surface area contributed by atoms with Crippen molar-refractivity contribution < 1.29 is 17.9 Å². The predicted octanol–water partition coefficient (Wildman–Crippen LogP) is 3.40. The lowest BCUT2D eigenvalue weighted by Gasteiger charge is -2.28. The number of likely N-dealkylation sites (tertiary alicyclic amines) is 1. The zero-order valence-corrected chi connectivity index (χ0v) is 15.9. The van der Waals surface area contributed by atoms with Crippen molar-refractivity contribution in [2.24, 2.45) is 0 Å². The molecule has 3 aromatic rings. The van der Waals surface area contributed by atoms with Gasteiger partial charge in [-0.15, -0.1) is 15.3 Å². The molecule has 0 amide bonds. The van der Waals surface area contributed by atoms with Crippen LogP contribution < -0.4 is 10.1 Å². The molecule has 1 aliphatic heterocycles. The van der Waals surface area contributed by atoms with Crippen LogP contribution in [0.2, 0.25) is 0 Å². The van der Waals surface area contributed by atoms with Crippen molar-refractivity contribution in [2.45, 2.75) is 25.1 Å². The summed E-state index contributed by atoms with van der Waals surface area (Å²) in [6.45, 7) is 2.47. The van der Waals surface area contributed by atoms with E-state index in [2.05, 4.69) is 25.5 Å². The van der Waals surface area contributed by atoms with Crippen LogP contribution >= 0.6 is 0 Å². The minimum absolute atomic E-state index is 0.0501. The molecule has 0 saturated carbocycles. The van der Waals surface area contributed by atoms with Crippen molar-refractivity contribution in [3.63, 3.8) is 0 Å². The van der Waals surface area contributed by atoms with Gasteiger partial charge in [0.05, 0.1) is 13.2 Å². The van der Waals surface area contributed by atoms with E-state index < -0.39 is 12.0 Å². The number of hydrogen-bond donors (Lipinski definition) is 1. The van der Waals surface area contributed by atoms with E-state index in [0.717, 1.165) is 41.8 Å². The maximum Gasteiger partial charge on any atom is 0.453 e. The summed E-state index contributed by atoms with van der Waals surface area (Å²) in [4.78, 5) is 2.37. The zero-order chi connectivity index (χ0) is 20.4. The Bertz CT molecular complexity index is 966. The van der Waals surface area contributed by atoms with Crippen LogP contribution in [0.15, 0.2) is 36.4 Å². The summed E-state index contributed by atoms with van der Waals surface area (Å²) in [6, 6.07) is 11.0. The SMILES string of the molecule is COc1ccc(C(CNc2ccc3nnc(C(F)(F)F)n3n2)N2CCCC2)cc1. The van der Waals surface area contributed by atoms with Crippen LogP contribution in [0.1, 0.15) is 30.3 Å². The van der Waals surface area contributed by atoms with Gasteiger partial charge in [-0.3, -0.25) is 4.90 Å². The number of methoxy groups -OCH3 is 1. The number of rotatable bonds is 6. The molecule has 1 N–H and O–H groups in total. The van der Waals surface area contributed by atoms with E-state index in [0.29, 0.717) is 12.4 Å². The van der Waals surface area contributed by atoms with E-state index >= 15 is 0 Å². The number of alkyl halides is 3. The van der Waals surface area contributed by atoms with E-state index in [1.54, 1.807) is 13.2 Å². The Labute approximate surface area is 165 Å². The Morgan fingerprint density at radius 1 is 1.07 bits per heavy atom. The molecule has 1 aliphatic rings. The number of nitrogens with zero attached hydrogens (tertiary/aromatic N) is 5. The third-order valence-corrected chi connectivity index (χ3v) is 5.07. The molecular weight excluding hydrogens is 385 g/mol. The molecule has 0 radical (unpaired) electrons. The van der Waals surface area contributed by atoms with Crippen LogP contribution in [0, 0.1) is 0 Å². The quantitative estimate of drug-likeness (QED) is 0.677. The molecule has 0 aliphatic carbocycles. The van der Waals surface area contributed by atoms with E-state index in [1.165, 1.54) is 6.07 Å². The maximum atomic E-state index is 13.1. The topological polar surface area (TPSA) is 67.6 Å². The molecule has 7 nitrogen and oxygen atoms in total. The molecule has 1 fully saturated rings. The minimum atomic E-state index is -4.62. The largest absolute Gasteiger partial charge is 0.497 e. The summed E-state index contributed by atoms with van der Waals surface area (Å²) >= 11 is 0. The van der Waals surface area contributed by atoms with Gasteiger partial charge in [-0.25, -0.2) is 0 Å². The Morgan fingerprint density at radius 3 is 2.45 bits per heavy atom. The molecule has 1 atom stereocenters. The third kappa shape index (κ3) is 4.12. The van der Waals surface area contributed by atoms with Crippen molar-refractivity contribution in [3.05, 3.63) is 47.8 Å². The molecular formula is C19H21F3N6O. The number of benzene rings is 1. The van der Waals surface area contributed by atoms with Gasteiger partial charge in [0.25, 0.3) is 5.82 Å². The fraction of sp³-hybridized carbons (Fsp3) is 0.421. The molecule has 1 saturated heterocycles. The number of halogens is 3. The minimum Gasteiger partial charge on any atom is -0.497 e. The predicted molar refractivity (Wildman–Crippen MR) is 101 cm³/mol. The van der Waals surface area contributed by atoms with Gasteiger partial charge in [-0.2, -0.15) is 17.7 Å². The highest BCUT2D eigenvalue weighted by atomic mass is 19.4. The summed E-state index contributed by atoms with van der Waals surface area (Å²) < 4.78 is 45.2. The number of nitrogens with one attached hydrogen (secondary N) is 1. The lowest BCUT2D eigenvalue weighted by molar-refractivity contribution is -0.146. The van der Waals surface area contributed by atoms with Gasteiger partial charge >= 0.3 is 6.18 Å². The highest BCUT2D eigenvalue weighted by Gasteiger charge is 2.37. The van der Waals surface area contributed by atoms with Crippen molar-refractivity contribution in [3.8, 4) is 5.75 Å². The highest BCUT2D eigenvalue weighted by Crippen LogP contribution is 2.29. The molecule has 29 heavy (non-hydrogen) atoms. The average molecular weight is 406 g/mol. The van der Waals surface area contributed by atoms with Crippen molar-refractivity contribution in [1.82, 2.24) is 24.7 Å². The fourth-order valence-corrected chi connectivity index (χ4v) is 3.60. The van der Waals surface area contributed by atoms with Crippen molar-refractivity contribution in [1.29, 1.82) is 0 Å². The Morgan fingerprint density at radius 2 is 1.79 bits per heavy atom. The van der Waals surface area contributed by atoms with Crippen LogP contribution in [-0.2, 0) is 6.18 Å². The lowest BCUT2D eigenvalue weighted by atomic mass is 10.1. The molecule has 4 rings (SSSR count). The van der Waals surface area contributed by atoms with E-state index in [1.807, 2.05) is 24.3 Å². The monoisotopic (exact) mass is 406 g/mol. The Balaban J connectivity index is 1.56. The Kier molecular flexibility index (Phi) is 5.27. The fourth-order valence-electron chi connectivity index (χ4n) is 3.60. The first-order chi connectivity index (χ1) is 14.0. The van der Waals surface area contributed by atoms with E-state index in [-0.39, 0.29) is 11.7 Å². The highest BCUT2D eigenvalue weighted by molar-refractivity contribution is 5.44. The second-order valence-electron chi connectivity index (χ2n) is 6.92. The summed E-state index contributed by atoms with van der Waals surface area (Å²) in [5, 5.41) is 14.0. The van der Waals surface area contributed by atoms with Gasteiger partial charge in [0.1, 0.15) is 11.6 Å². The van der Waals surface area contributed by atoms with Gasteiger partial charge in [0.15, 0.2) is 5.65 Å². The van der Waals surface area contributed by atoms with Crippen molar-refractivity contribution >= 4 is 11.5 Å². The maximum absolute atomic E-state index is 13.1. The normalized spacial score (nSPS) is 16.3. The van der Waals surface area contributed by atoms with Crippen LogP contribution in [0.4, 0.5) is 19.0 Å². The summed E-state index contributed by atoms with van der Waals surface area (Å²) in [7, 11) is 1.62. The van der Waals surface area contributed by atoms with Crippen LogP contribution in [0.5, 0.6) is 5.75 Å². The Hall–Kier alpha value is -2.88. The van der Waals surface area contributed by atoms with E-state index in [9.17, 15) is 13.2 Å². The second kappa shape index (κ2) is 7.86. The van der Waals surface area contributed by atoms with Crippen LogP contribution in [0.3, 0.4) is 0 Å². The lowest BCUT2D eigenvalue weighted by Crippen LogP contribution is -2.31. The zero-order valence-electron chi connectivity index (χ0n) is 15.9. The van der Waals surface area contributed by atoms with Gasteiger partial charge in [-0.1, -0.05) is 12.1 Å². The number of aromatic nitrogens is 4. The van der Waals surface area contributed by atoms with Gasteiger partial charge in [0, 0.05) is 6.54 Å². The molecule has 2 aromatic heterocycles. The third-order valence-electron chi connectivity index (χ3n) is 5.07. The first-order valence-electron chi connectivity index (χ1n) is 9.37. The van der Waals surface area contributed by atoms with E-state index in [4.69, 9.17) is 4.74 Å². The standard InChI is InChI=1S/C19H21F3N6O/c1-29-14-6-4-13(5-7-14)15(27-10-2-3-11-27)12-23-16-8-9-17-24-25-18(19(20,21)22)28(17)26-16/h4-9,15H,2-3,10-12H2,1H3,(H,23,26). The molecule has 1 unspecified atom stereocenters. The smallest absolute Gasteiger partial charge is 0.453 e. The number of ether oxygens (including phenoxy) is 1. The molecule has 0 bridgehead atoms.